The summed E-state index contributed by atoms with van der Waals surface area (Å²) in [6, 6.07) is 10.2. The zero-order chi connectivity index (χ0) is 20.1. The van der Waals surface area contributed by atoms with E-state index in [0.717, 1.165) is 32.6 Å². The molecule has 8 heteroatoms. The Balaban J connectivity index is 1.69. The van der Waals surface area contributed by atoms with Crippen LogP contribution in [0.4, 0.5) is 0 Å². The van der Waals surface area contributed by atoms with E-state index in [4.69, 9.17) is 10.5 Å². The summed E-state index contributed by atoms with van der Waals surface area (Å²) < 4.78 is 4.99. The average molecular weight is 399 g/mol. The summed E-state index contributed by atoms with van der Waals surface area (Å²) in [6.45, 7) is 1.31. The molecular weight excluding hydrogens is 378 g/mol. The number of benzene rings is 1. The fourth-order valence-corrected chi connectivity index (χ4v) is 3.69. The van der Waals surface area contributed by atoms with Crippen LogP contribution in [0.15, 0.2) is 35.7 Å². The first-order valence-electron chi connectivity index (χ1n) is 8.79. The van der Waals surface area contributed by atoms with Gasteiger partial charge >= 0.3 is 5.97 Å². The fourth-order valence-electron chi connectivity index (χ4n) is 2.93. The number of aryl methyl sites for hydroxylation is 2. The zero-order valence-electron chi connectivity index (χ0n) is 15.4. The number of carbonyl (C=O) groups is 3. The van der Waals surface area contributed by atoms with Crippen molar-refractivity contribution in [1.29, 1.82) is 0 Å². The molecule has 0 aliphatic rings. The number of aromatic nitrogens is 1. The van der Waals surface area contributed by atoms with Gasteiger partial charge in [-0.15, -0.1) is 11.3 Å². The van der Waals surface area contributed by atoms with Crippen molar-refractivity contribution >= 4 is 40.0 Å². The lowest BCUT2D eigenvalue weighted by atomic mass is 10.0. The first kappa shape index (κ1) is 19.6. The third kappa shape index (κ3) is 4.77. The summed E-state index contributed by atoms with van der Waals surface area (Å²) in [4.78, 5) is 38.8. The maximum absolute atomic E-state index is 12.1. The van der Waals surface area contributed by atoms with Gasteiger partial charge in [-0.3, -0.25) is 14.4 Å². The van der Waals surface area contributed by atoms with Gasteiger partial charge in [0.05, 0.1) is 17.1 Å². The van der Waals surface area contributed by atoms with Gasteiger partial charge in [0.2, 0.25) is 5.91 Å². The van der Waals surface area contributed by atoms with Crippen molar-refractivity contribution < 1.29 is 19.1 Å². The number of amides is 2. The Labute approximate surface area is 165 Å². The Morgan fingerprint density at radius 2 is 2.07 bits per heavy atom. The fraction of sp³-hybridized carbons (Fsp3) is 0.250. The number of nitrogens with two attached hydrogens (primary N) is 1. The molecule has 0 fully saturated rings. The van der Waals surface area contributed by atoms with Crippen LogP contribution in [0.1, 0.15) is 17.5 Å². The van der Waals surface area contributed by atoms with Crippen molar-refractivity contribution in [3.63, 3.8) is 0 Å². The Bertz CT molecular complexity index is 1010. The van der Waals surface area contributed by atoms with E-state index < -0.39 is 24.4 Å². The van der Waals surface area contributed by atoms with Crippen LogP contribution in [0, 0.1) is 6.92 Å². The standard InChI is InChI=1S/C20H21N3O4S/c1-12-4-6-15-14(9-12)13(20(23-15)16-3-2-8-28-16)5-7-19(26)27-11-18(25)22-10-17(21)24/h2-4,6,8-9,23H,5,7,10-11H2,1H3,(H2,21,24)(H,22,25). The van der Waals surface area contributed by atoms with Crippen LogP contribution >= 0.6 is 11.3 Å². The molecule has 0 aliphatic heterocycles. The third-order valence-corrected chi connectivity index (χ3v) is 5.12. The molecule has 3 rings (SSSR count). The highest BCUT2D eigenvalue weighted by Gasteiger charge is 2.16. The average Bonchev–Trinajstić information content (AvgIpc) is 3.30. The summed E-state index contributed by atoms with van der Waals surface area (Å²) >= 11 is 1.63. The maximum Gasteiger partial charge on any atom is 0.306 e. The molecule has 4 N–H and O–H groups in total. The lowest BCUT2D eigenvalue weighted by Gasteiger charge is -2.06. The molecule has 7 nitrogen and oxygen atoms in total. The molecule has 2 heterocycles. The summed E-state index contributed by atoms with van der Waals surface area (Å²) in [7, 11) is 0. The van der Waals surface area contributed by atoms with Crippen LogP contribution in [0.5, 0.6) is 0 Å². The number of fused-ring (bicyclic) bond motifs is 1. The van der Waals surface area contributed by atoms with Gasteiger partial charge in [-0.05, 0) is 42.5 Å². The van der Waals surface area contributed by atoms with E-state index >= 15 is 0 Å². The largest absolute Gasteiger partial charge is 0.456 e. The van der Waals surface area contributed by atoms with Crippen molar-refractivity contribution in [2.24, 2.45) is 5.73 Å². The van der Waals surface area contributed by atoms with E-state index in [9.17, 15) is 14.4 Å². The minimum absolute atomic E-state index is 0.141. The Morgan fingerprint density at radius 3 is 2.79 bits per heavy atom. The number of primary amides is 1. The van der Waals surface area contributed by atoms with Crippen molar-refractivity contribution in [3.05, 3.63) is 46.8 Å². The Hall–Kier alpha value is -3.13. The molecule has 0 spiro atoms. The van der Waals surface area contributed by atoms with Crippen LogP contribution in [0.2, 0.25) is 0 Å². The molecule has 0 radical (unpaired) electrons. The predicted molar refractivity (Wildman–Crippen MR) is 108 cm³/mol. The predicted octanol–water partition coefficient (Wildman–Crippen LogP) is 2.28. The van der Waals surface area contributed by atoms with Crippen LogP contribution < -0.4 is 11.1 Å². The summed E-state index contributed by atoms with van der Waals surface area (Å²) in [5, 5.41) is 5.36. The number of carbonyl (C=O) groups excluding carboxylic acids is 3. The molecule has 1 aromatic carbocycles. The van der Waals surface area contributed by atoms with E-state index in [0.29, 0.717) is 6.42 Å². The van der Waals surface area contributed by atoms with Crippen LogP contribution in [0.25, 0.3) is 21.5 Å². The lowest BCUT2D eigenvalue weighted by Crippen LogP contribution is -2.36. The monoisotopic (exact) mass is 399 g/mol. The van der Waals surface area contributed by atoms with Gasteiger partial charge in [-0.25, -0.2) is 0 Å². The number of hydrogen-bond donors (Lipinski definition) is 3. The van der Waals surface area contributed by atoms with Crippen LogP contribution in [-0.4, -0.2) is 35.9 Å². The van der Waals surface area contributed by atoms with Gasteiger partial charge in [0.15, 0.2) is 6.61 Å². The molecule has 0 saturated heterocycles. The van der Waals surface area contributed by atoms with E-state index in [1.165, 1.54) is 0 Å². The van der Waals surface area contributed by atoms with Gasteiger partial charge in [0.25, 0.3) is 5.91 Å². The van der Waals surface area contributed by atoms with Crippen molar-refractivity contribution in [3.8, 4) is 10.6 Å². The second kappa shape index (κ2) is 8.71. The zero-order valence-corrected chi connectivity index (χ0v) is 16.2. The smallest absolute Gasteiger partial charge is 0.306 e. The first-order valence-corrected chi connectivity index (χ1v) is 9.67. The molecule has 28 heavy (non-hydrogen) atoms. The third-order valence-electron chi connectivity index (χ3n) is 4.23. The van der Waals surface area contributed by atoms with Gasteiger partial charge in [-0.2, -0.15) is 0 Å². The Kier molecular flexibility index (Phi) is 6.10. The van der Waals surface area contributed by atoms with E-state index in [1.807, 2.05) is 36.6 Å². The van der Waals surface area contributed by atoms with E-state index in [1.54, 1.807) is 11.3 Å². The van der Waals surface area contributed by atoms with Crippen LogP contribution in [-0.2, 0) is 25.5 Å². The number of hydrogen-bond acceptors (Lipinski definition) is 5. The quantitative estimate of drug-likeness (QED) is 0.504. The highest BCUT2D eigenvalue weighted by Crippen LogP contribution is 2.34. The number of aromatic amines is 1. The molecule has 0 saturated carbocycles. The second-order valence-electron chi connectivity index (χ2n) is 6.41. The van der Waals surface area contributed by atoms with Crippen LogP contribution in [0.3, 0.4) is 0 Å². The minimum atomic E-state index is -0.657. The number of thiophene rings is 1. The highest BCUT2D eigenvalue weighted by atomic mass is 32.1. The minimum Gasteiger partial charge on any atom is -0.456 e. The van der Waals surface area contributed by atoms with Gasteiger partial charge in [-0.1, -0.05) is 17.7 Å². The van der Waals surface area contributed by atoms with Gasteiger partial charge in [0, 0.05) is 17.3 Å². The molecule has 0 aliphatic carbocycles. The number of esters is 1. The van der Waals surface area contributed by atoms with Crippen molar-refractivity contribution in [2.45, 2.75) is 19.8 Å². The maximum atomic E-state index is 12.1. The van der Waals surface area contributed by atoms with E-state index in [-0.39, 0.29) is 13.0 Å². The number of nitrogens with one attached hydrogen (secondary N) is 2. The lowest BCUT2D eigenvalue weighted by molar-refractivity contribution is -0.148. The number of rotatable bonds is 8. The molecular formula is C20H21N3O4S. The molecule has 0 atom stereocenters. The normalized spacial score (nSPS) is 10.8. The summed E-state index contributed by atoms with van der Waals surface area (Å²) in [5.74, 6) is -1.70. The Morgan fingerprint density at radius 1 is 1.25 bits per heavy atom. The molecule has 146 valence electrons. The molecule has 0 bridgehead atoms. The molecule has 2 aromatic heterocycles. The summed E-state index contributed by atoms with van der Waals surface area (Å²) in [5.41, 5.74) is 9.15. The molecule has 0 unspecified atom stereocenters. The SMILES string of the molecule is Cc1ccc2[nH]c(-c3cccs3)c(CCC(=O)OCC(=O)NCC(N)=O)c2c1. The first-order chi connectivity index (χ1) is 13.4. The topological polar surface area (TPSA) is 114 Å². The summed E-state index contributed by atoms with van der Waals surface area (Å²) in [6.07, 6.45) is 0.626. The highest BCUT2D eigenvalue weighted by molar-refractivity contribution is 7.13. The van der Waals surface area contributed by atoms with Gasteiger partial charge in [0.1, 0.15) is 0 Å². The van der Waals surface area contributed by atoms with Crippen molar-refractivity contribution in [1.82, 2.24) is 10.3 Å². The molecule has 3 aromatic rings. The number of H-pyrrole nitrogens is 1. The van der Waals surface area contributed by atoms with Crippen molar-refractivity contribution in [2.75, 3.05) is 13.2 Å². The van der Waals surface area contributed by atoms with E-state index in [2.05, 4.69) is 16.4 Å². The van der Waals surface area contributed by atoms with Gasteiger partial charge < -0.3 is 20.8 Å². The molecule has 2 amide bonds. The second-order valence-corrected chi connectivity index (χ2v) is 7.36. The number of ether oxygens (including phenoxy) is 1.